The van der Waals surface area contributed by atoms with E-state index in [9.17, 15) is 4.39 Å². The largest absolute Gasteiger partial charge is 0.318 e. The molecule has 0 atom stereocenters. The maximum atomic E-state index is 13.3. The lowest BCUT2D eigenvalue weighted by Crippen LogP contribution is -2.16. The lowest BCUT2D eigenvalue weighted by atomic mass is 10.2. The summed E-state index contributed by atoms with van der Waals surface area (Å²) in [6.45, 7) is 1.48. The van der Waals surface area contributed by atoms with E-state index in [2.05, 4.69) is 20.8 Å². The van der Waals surface area contributed by atoms with E-state index in [0.717, 1.165) is 12.1 Å². The van der Waals surface area contributed by atoms with Crippen molar-refractivity contribution in [3.63, 3.8) is 0 Å². The van der Waals surface area contributed by atoms with Gasteiger partial charge < -0.3 is 5.32 Å². The van der Waals surface area contributed by atoms with Crippen molar-refractivity contribution < 1.29 is 4.39 Å². The Balaban J connectivity index is 1.98. The normalized spacial score (nSPS) is 10.9. The van der Waals surface area contributed by atoms with E-state index in [4.69, 9.17) is 11.6 Å². The van der Waals surface area contributed by atoms with Crippen LogP contribution in [0.15, 0.2) is 23.4 Å². The Morgan fingerprint density at radius 2 is 2.32 bits per heavy atom. The van der Waals surface area contributed by atoms with E-state index in [1.165, 1.54) is 17.8 Å². The number of nitrogens with zero attached hydrogens (tertiary/aromatic N) is 4. The fourth-order valence-corrected chi connectivity index (χ4v) is 2.40. The molecule has 102 valence electrons. The van der Waals surface area contributed by atoms with Crippen LogP contribution in [-0.2, 0) is 12.3 Å². The Bertz CT molecular complexity index is 548. The van der Waals surface area contributed by atoms with Gasteiger partial charge in [0.15, 0.2) is 0 Å². The lowest BCUT2D eigenvalue weighted by molar-refractivity contribution is 0.530. The van der Waals surface area contributed by atoms with Gasteiger partial charge in [-0.05, 0) is 35.2 Å². The Morgan fingerprint density at radius 3 is 3.05 bits per heavy atom. The smallest absolute Gasteiger partial charge is 0.209 e. The molecule has 5 nitrogen and oxygen atoms in total. The minimum absolute atomic E-state index is 0.132. The van der Waals surface area contributed by atoms with Crippen LogP contribution in [-0.4, -0.2) is 33.8 Å². The van der Waals surface area contributed by atoms with Crippen molar-refractivity contribution in [2.45, 2.75) is 17.5 Å². The zero-order valence-corrected chi connectivity index (χ0v) is 11.9. The standard InChI is InChI=1S/C11H13ClFN5S/c1-14-4-5-18-11(15-16-17-18)19-7-8-2-3-9(12)10(13)6-8/h2-3,6,14H,4-5,7H2,1H3. The van der Waals surface area contributed by atoms with Crippen molar-refractivity contribution in [3.05, 3.63) is 34.6 Å². The van der Waals surface area contributed by atoms with Gasteiger partial charge in [0.05, 0.1) is 11.6 Å². The average molecular weight is 302 g/mol. The van der Waals surface area contributed by atoms with Gasteiger partial charge in [0.25, 0.3) is 0 Å². The number of halogens is 2. The summed E-state index contributed by atoms with van der Waals surface area (Å²) in [6, 6.07) is 4.77. The molecular weight excluding hydrogens is 289 g/mol. The van der Waals surface area contributed by atoms with Gasteiger partial charge in [0, 0.05) is 12.3 Å². The first-order valence-electron chi connectivity index (χ1n) is 5.68. The summed E-state index contributed by atoms with van der Waals surface area (Å²) in [6.07, 6.45) is 0. The molecule has 0 unspecified atom stereocenters. The van der Waals surface area contributed by atoms with Gasteiger partial charge in [0.2, 0.25) is 5.16 Å². The molecule has 0 saturated heterocycles. The maximum absolute atomic E-state index is 13.3. The fourth-order valence-electron chi connectivity index (χ4n) is 1.44. The second-order valence-corrected chi connectivity index (χ2v) is 5.17. The van der Waals surface area contributed by atoms with Gasteiger partial charge >= 0.3 is 0 Å². The predicted molar refractivity (Wildman–Crippen MR) is 72.7 cm³/mol. The summed E-state index contributed by atoms with van der Waals surface area (Å²) in [4.78, 5) is 0. The average Bonchev–Trinajstić information content (AvgIpc) is 2.85. The van der Waals surface area contributed by atoms with Gasteiger partial charge in [-0.3, -0.25) is 0 Å². The highest BCUT2D eigenvalue weighted by atomic mass is 35.5. The van der Waals surface area contributed by atoms with Crippen LogP contribution >= 0.6 is 23.4 Å². The van der Waals surface area contributed by atoms with E-state index >= 15 is 0 Å². The quantitative estimate of drug-likeness (QED) is 0.827. The number of nitrogens with one attached hydrogen (secondary N) is 1. The summed E-state index contributed by atoms with van der Waals surface area (Å²) in [5.74, 6) is 0.183. The first-order valence-corrected chi connectivity index (χ1v) is 7.04. The zero-order chi connectivity index (χ0) is 13.7. The van der Waals surface area contributed by atoms with Gasteiger partial charge in [-0.2, -0.15) is 0 Å². The van der Waals surface area contributed by atoms with Crippen LogP contribution in [0.25, 0.3) is 0 Å². The van der Waals surface area contributed by atoms with Gasteiger partial charge in [0.1, 0.15) is 5.82 Å². The van der Waals surface area contributed by atoms with E-state index in [0.29, 0.717) is 17.5 Å². The van der Waals surface area contributed by atoms with Crippen molar-refractivity contribution in [1.82, 2.24) is 25.5 Å². The second kappa shape index (κ2) is 6.83. The van der Waals surface area contributed by atoms with Crippen LogP contribution in [0.3, 0.4) is 0 Å². The monoisotopic (exact) mass is 301 g/mol. The minimum atomic E-state index is -0.408. The number of aromatic nitrogens is 4. The molecule has 19 heavy (non-hydrogen) atoms. The Labute approximate surface area is 119 Å². The third kappa shape index (κ3) is 3.89. The molecular formula is C11H13ClFN5S. The van der Waals surface area contributed by atoms with Crippen molar-refractivity contribution in [2.75, 3.05) is 13.6 Å². The van der Waals surface area contributed by atoms with E-state index in [1.54, 1.807) is 16.8 Å². The molecule has 8 heteroatoms. The molecule has 0 radical (unpaired) electrons. The molecule has 0 bridgehead atoms. The highest BCUT2D eigenvalue weighted by molar-refractivity contribution is 7.98. The molecule has 1 N–H and O–H groups in total. The summed E-state index contributed by atoms with van der Waals surface area (Å²) >= 11 is 7.10. The Morgan fingerprint density at radius 1 is 1.47 bits per heavy atom. The van der Waals surface area contributed by atoms with Crippen molar-refractivity contribution in [2.24, 2.45) is 0 Å². The van der Waals surface area contributed by atoms with E-state index < -0.39 is 5.82 Å². The van der Waals surface area contributed by atoms with E-state index in [1.807, 2.05) is 7.05 Å². The molecule has 0 aliphatic heterocycles. The van der Waals surface area contributed by atoms with Gasteiger partial charge in [-0.15, -0.1) is 5.10 Å². The van der Waals surface area contributed by atoms with Crippen molar-refractivity contribution in [3.8, 4) is 0 Å². The molecule has 2 rings (SSSR count). The van der Waals surface area contributed by atoms with Crippen LogP contribution < -0.4 is 5.32 Å². The lowest BCUT2D eigenvalue weighted by Gasteiger charge is -2.04. The van der Waals surface area contributed by atoms with Crippen molar-refractivity contribution in [1.29, 1.82) is 0 Å². The highest BCUT2D eigenvalue weighted by Gasteiger charge is 2.07. The molecule has 1 heterocycles. The first-order chi connectivity index (χ1) is 9.20. The molecule has 1 aromatic heterocycles. The van der Waals surface area contributed by atoms with Crippen LogP contribution in [0, 0.1) is 5.82 Å². The molecule has 1 aromatic carbocycles. The highest BCUT2D eigenvalue weighted by Crippen LogP contribution is 2.22. The van der Waals surface area contributed by atoms with Gasteiger partial charge in [-0.1, -0.05) is 29.4 Å². The third-order valence-corrected chi connectivity index (χ3v) is 3.76. The predicted octanol–water partition coefficient (Wildman–Crippen LogP) is 1.98. The molecule has 0 aliphatic rings. The van der Waals surface area contributed by atoms with Crippen LogP contribution in [0.4, 0.5) is 4.39 Å². The summed E-state index contributed by atoms with van der Waals surface area (Å²) < 4.78 is 15.0. The number of rotatable bonds is 6. The number of benzene rings is 1. The summed E-state index contributed by atoms with van der Waals surface area (Å²) in [5.41, 5.74) is 0.843. The third-order valence-electron chi connectivity index (χ3n) is 2.42. The van der Waals surface area contributed by atoms with Crippen molar-refractivity contribution >= 4 is 23.4 Å². The number of hydrogen-bond donors (Lipinski definition) is 1. The van der Waals surface area contributed by atoms with Gasteiger partial charge in [-0.25, -0.2) is 9.07 Å². The molecule has 0 aliphatic carbocycles. The number of thioether (sulfide) groups is 1. The number of likely N-dealkylation sites (N-methyl/N-ethyl adjacent to an activating group) is 1. The zero-order valence-electron chi connectivity index (χ0n) is 10.3. The molecule has 0 spiro atoms. The minimum Gasteiger partial charge on any atom is -0.318 e. The maximum Gasteiger partial charge on any atom is 0.209 e. The van der Waals surface area contributed by atoms with Crippen LogP contribution in [0.1, 0.15) is 5.56 Å². The van der Waals surface area contributed by atoms with E-state index in [-0.39, 0.29) is 5.02 Å². The molecule has 0 saturated carbocycles. The van der Waals surface area contributed by atoms with Crippen LogP contribution in [0.5, 0.6) is 0 Å². The summed E-state index contributed by atoms with van der Waals surface area (Å²) in [5, 5.41) is 15.4. The molecule has 0 fully saturated rings. The number of hydrogen-bond acceptors (Lipinski definition) is 5. The second-order valence-electron chi connectivity index (χ2n) is 3.83. The Kier molecular flexibility index (Phi) is 5.12. The first kappa shape index (κ1) is 14.2. The SMILES string of the molecule is CNCCn1nnnc1SCc1ccc(Cl)c(F)c1. The molecule has 2 aromatic rings. The summed E-state index contributed by atoms with van der Waals surface area (Å²) in [7, 11) is 1.87. The fraction of sp³-hybridized carbons (Fsp3) is 0.364. The topological polar surface area (TPSA) is 55.6 Å². The van der Waals surface area contributed by atoms with Crippen LogP contribution in [0.2, 0.25) is 5.02 Å². The molecule has 0 amide bonds. The number of tetrazole rings is 1. The Hall–Kier alpha value is -1.18.